The zero-order valence-electron chi connectivity index (χ0n) is 9.15. The Labute approximate surface area is 101 Å². The highest BCUT2D eigenvalue weighted by molar-refractivity contribution is 5.90. The molecule has 0 aliphatic rings. The Hall–Kier alpha value is -2.43. The van der Waals surface area contributed by atoms with Crippen LogP contribution in [0, 0.1) is 11.6 Å². The number of hydrogen-bond acceptors (Lipinski definition) is 3. The fraction of sp³-hybridized carbons (Fsp3) is 0. The number of rotatable bonds is 2. The minimum absolute atomic E-state index is 0.0800. The van der Waals surface area contributed by atoms with E-state index in [0.717, 1.165) is 0 Å². The topological polar surface area (TPSA) is 38.1 Å². The van der Waals surface area contributed by atoms with Crippen molar-refractivity contribution in [1.82, 2.24) is 5.16 Å². The van der Waals surface area contributed by atoms with Crippen molar-refractivity contribution in [2.45, 2.75) is 0 Å². The van der Waals surface area contributed by atoms with Crippen molar-refractivity contribution in [2.24, 2.45) is 0 Å². The van der Waals surface area contributed by atoms with Gasteiger partial charge in [0.15, 0.2) is 11.6 Å². The molecule has 0 aliphatic carbocycles. The van der Waals surface area contributed by atoms with Gasteiger partial charge in [-0.3, -0.25) is 0 Å². The lowest BCUT2D eigenvalue weighted by molar-refractivity contribution is 0.443. The maximum atomic E-state index is 13.4. The van der Waals surface area contributed by atoms with Crippen molar-refractivity contribution >= 4 is 22.5 Å². The van der Waals surface area contributed by atoms with E-state index in [1.807, 2.05) is 0 Å². The second-order valence-electron chi connectivity index (χ2n) is 3.78. The number of anilines is 2. The zero-order valence-corrected chi connectivity index (χ0v) is 9.15. The highest BCUT2D eigenvalue weighted by atomic mass is 19.1. The highest BCUT2D eigenvalue weighted by Gasteiger charge is 2.11. The molecule has 0 aliphatic heterocycles. The van der Waals surface area contributed by atoms with Gasteiger partial charge in [0.05, 0.1) is 5.39 Å². The van der Waals surface area contributed by atoms with E-state index in [4.69, 9.17) is 4.52 Å². The minimum Gasteiger partial charge on any atom is -0.351 e. The maximum Gasteiger partial charge on any atom is 0.204 e. The lowest BCUT2D eigenvalue weighted by atomic mass is 10.2. The van der Waals surface area contributed by atoms with Crippen LogP contribution in [0.2, 0.25) is 0 Å². The largest absolute Gasteiger partial charge is 0.351 e. The summed E-state index contributed by atoms with van der Waals surface area (Å²) in [4.78, 5) is 0. The van der Waals surface area contributed by atoms with Gasteiger partial charge in [-0.05, 0) is 30.3 Å². The molecule has 0 unspecified atom stereocenters. The molecule has 3 rings (SSSR count). The number of fused-ring (bicyclic) bond motifs is 1. The van der Waals surface area contributed by atoms with Crippen molar-refractivity contribution in [3.63, 3.8) is 0 Å². The smallest absolute Gasteiger partial charge is 0.204 e. The summed E-state index contributed by atoms with van der Waals surface area (Å²) in [7, 11) is 0. The number of aromatic nitrogens is 1. The molecule has 0 saturated heterocycles. The molecule has 0 amide bonds. The first kappa shape index (κ1) is 10.7. The van der Waals surface area contributed by atoms with E-state index in [1.165, 1.54) is 18.2 Å². The summed E-state index contributed by atoms with van der Waals surface area (Å²) >= 11 is 0. The van der Waals surface area contributed by atoms with Gasteiger partial charge in [-0.2, -0.15) is 0 Å². The van der Waals surface area contributed by atoms with Gasteiger partial charge >= 0.3 is 0 Å². The molecule has 1 N–H and O–H groups in total. The van der Waals surface area contributed by atoms with Gasteiger partial charge < -0.3 is 9.84 Å². The third-order valence-electron chi connectivity index (χ3n) is 2.54. The molecule has 1 heterocycles. The Bertz CT molecular complexity index is 709. The molecule has 0 saturated carbocycles. The van der Waals surface area contributed by atoms with Gasteiger partial charge in [-0.15, -0.1) is 0 Å². The van der Waals surface area contributed by atoms with Crippen LogP contribution in [0.3, 0.4) is 0 Å². The van der Waals surface area contributed by atoms with Gasteiger partial charge in [-0.1, -0.05) is 17.3 Å². The molecule has 5 heteroatoms. The van der Waals surface area contributed by atoms with Crippen molar-refractivity contribution in [3.8, 4) is 0 Å². The van der Waals surface area contributed by atoms with Crippen LogP contribution in [-0.4, -0.2) is 5.16 Å². The molecule has 0 atom stereocenters. The number of nitrogens with zero attached hydrogens (tertiary/aromatic N) is 1. The van der Waals surface area contributed by atoms with Gasteiger partial charge in [-0.25, -0.2) is 8.78 Å². The second kappa shape index (κ2) is 4.10. The summed E-state index contributed by atoms with van der Waals surface area (Å²) < 4.78 is 31.3. The van der Waals surface area contributed by atoms with E-state index in [0.29, 0.717) is 16.9 Å². The predicted octanol–water partition coefficient (Wildman–Crippen LogP) is 3.85. The normalized spacial score (nSPS) is 10.8. The average Bonchev–Trinajstić information content (AvgIpc) is 2.74. The van der Waals surface area contributed by atoms with Crippen molar-refractivity contribution in [2.75, 3.05) is 5.32 Å². The standard InChI is InChI=1S/C13H8F2N2O/c14-8-3-1-4-9(7-8)16-13-10-5-2-6-11(15)12(10)18-17-13/h1-7H,(H,16,17). The predicted molar refractivity (Wildman–Crippen MR) is 63.6 cm³/mol. The van der Waals surface area contributed by atoms with E-state index in [-0.39, 0.29) is 11.4 Å². The SMILES string of the molecule is Fc1cccc(Nc2noc3c(F)cccc23)c1. The van der Waals surface area contributed by atoms with Crippen molar-refractivity contribution < 1.29 is 13.3 Å². The molecule has 2 aromatic carbocycles. The quantitative estimate of drug-likeness (QED) is 0.746. The van der Waals surface area contributed by atoms with Crippen LogP contribution < -0.4 is 5.32 Å². The lowest BCUT2D eigenvalue weighted by Crippen LogP contribution is -1.91. The molecule has 0 bridgehead atoms. The Morgan fingerprint density at radius 3 is 2.72 bits per heavy atom. The fourth-order valence-electron chi connectivity index (χ4n) is 1.72. The summed E-state index contributed by atoms with van der Waals surface area (Å²) in [5, 5.41) is 7.13. The van der Waals surface area contributed by atoms with Crippen LogP contribution in [0.25, 0.3) is 11.0 Å². The molecule has 3 nitrogen and oxygen atoms in total. The van der Waals surface area contributed by atoms with Crippen LogP contribution in [-0.2, 0) is 0 Å². The second-order valence-corrected chi connectivity index (χ2v) is 3.78. The zero-order chi connectivity index (χ0) is 12.5. The molecule has 0 fully saturated rings. The summed E-state index contributed by atoms with van der Waals surface area (Å²) in [6, 6.07) is 10.4. The van der Waals surface area contributed by atoms with Gasteiger partial charge in [0, 0.05) is 5.69 Å². The first-order chi connectivity index (χ1) is 8.74. The lowest BCUT2D eigenvalue weighted by Gasteiger charge is -2.02. The van der Waals surface area contributed by atoms with Gasteiger partial charge in [0.1, 0.15) is 5.82 Å². The molecule has 1 aromatic heterocycles. The van der Waals surface area contributed by atoms with E-state index in [1.54, 1.807) is 24.3 Å². The highest BCUT2D eigenvalue weighted by Crippen LogP contribution is 2.27. The van der Waals surface area contributed by atoms with E-state index in [2.05, 4.69) is 10.5 Å². The number of benzene rings is 2. The van der Waals surface area contributed by atoms with E-state index < -0.39 is 5.82 Å². The van der Waals surface area contributed by atoms with Gasteiger partial charge in [0.25, 0.3) is 0 Å². The molecular weight excluding hydrogens is 238 g/mol. The Morgan fingerprint density at radius 1 is 1.06 bits per heavy atom. The summed E-state index contributed by atoms with van der Waals surface area (Å²) in [6.07, 6.45) is 0. The first-order valence-corrected chi connectivity index (χ1v) is 5.30. The van der Waals surface area contributed by atoms with Crippen LogP contribution >= 0.6 is 0 Å². The number of para-hydroxylation sites is 1. The number of nitrogens with one attached hydrogen (secondary N) is 1. The van der Waals surface area contributed by atoms with Crippen LogP contribution in [0.5, 0.6) is 0 Å². The summed E-state index contributed by atoms with van der Waals surface area (Å²) in [5.74, 6) is -0.485. The Morgan fingerprint density at radius 2 is 1.89 bits per heavy atom. The number of halogens is 2. The summed E-state index contributed by atoms with van der Waals surface area (Å²) in [6.45, 7) is 0. The van der Waals surface area contributed by atoms with Crippen molar-refractivity contribution in [1.29, 1.82) is 0 Å². The average molecular weight is 246 g/mol. The van der Waals surface area contributed by atoms with Crippen molar-refractivity contribution in [3.05, 3.63) is 54.1 Å². The third kappa shape index (κ3) is 1.79. The molecule has 0 radical (unpaired) electrons. The van der Waals surface area contributed by atoms with E-state index in [9.17, 15) is 8.78 Å². The molecule has 90 valence electrons. The molecular formula is C13H8F2N2O. The molecule has 0 spiro atoms. The molecule has 3 aromatic rings. The summed E-state index contributed by atoms with van der Waals surface area (Å²) in [5.41, 5.74) is 0.603. The van der Waals surface area contributed by atoms with Crippen LogP contribution in [0.1, 0.15) is 0 Å². The number of hydrogen-bond donors (Lipinski definition) is 1. The van der Waals surface area contributed by atoms with Crippen LogP contribution in [0.4, 0.5) is 20.3 Å². The van der Waals surface area contributed by atoms with E-state index >= 15 is 0 Å². The van der Waals surface area contributed by atoms with Gasteiger partial charge in [0.2, 0.25) is 5.58 Å². The maximum absolute atomic E-state index is 13.4. The monoisotopic (exact) mass is 246 g/mol. The third-order valence-corrected chi connectivity index (χ3v) is 2.54. The first-order valence-electron chi connectivity index (χ1n) is 5.30. The van der Waals surface area contributed by atoms with Crippen LogP contribution in [0.15, 0.2) is 47.0 Å². The Balaban J connectivity index is 2.03. The fourth-order valence-corrected chi connectivity index (χ4v) is 1.72. The molecule has 18 heavy (non-hydrogen) atoms. The minimum atomic E-state index is -0.479. The Kier molecular flexibility index (Phi) is 2.44.